The lowest BCUT2D eigenvalue weighted by Gasteiger charge is -1.95. The molecule has 2 aromatic heterocycles. The molecule has 0 aromatic carbocycles. The number of aryl methyl sites for hydroxylation is 2. The molecule has 2 N–H and O–H groups in total. The van der Waals surface area contributed by atoms with E-state index in [0.717, 1.165) is 0 Å². The molecular formula is C9H10N4O2. The van der Waals surface area contributed by atoms with Crippen LogP contribution in [0.5, 0.6) is 0 Å². The number of rotatable bonds is 2. The summed E-state index contributed by atoms with van der Waals surface area (Å²) in [5, 5.41) is 8.96. The molecule has 1 amide bonds. The normalized spacial score (nSPS) is 10.3. The van der Waals surface area contributed by atoms with Gasteiger partial charge in [-0.25, -0.2) is 0 Å². The van der Waals surface area contributed by atoms with Crippen molar-refractivity contribution in [2.24, 2.45) is 0 Å². The van der Waals surface area contributed by atoms with Crippen LogP contribution in [-0.2, 0) is 0 Å². The molecule has 0 saturated heterocycles. The van der Waals surface area contributed by atoms with E-state index in [2.05, 4.69) is 20.5 Å². The SMILES string of the molecule is Cc1nc(NC(=O)c2coc(C)c2)n[nH]1. The summed E-state index contributed by atoms with van der Waals surface area (Å²) in [7, 11) is 0. The molecule has 0 atom stereocenters. The third kappa shape index (κ3) is 2.04. The minimum absolute atomic E-state index is 0.261. The lowest BCUT2D eigenvalue weighted by molar-refractivity contribution is 0.102. The first-order valence-corrected chi connectivity index (χ1v) is 4.40. The van der Waals surface area contributed by atoms with Crippen molar-refractivity contribution < 1.29 is 9.21 Å². The van der Waals surface area contributed by atoms with Gasteiger partial charge in [0, 0.05) is 0 Å². The van der Waals surface area contributed by atoms with E-state index in [0.29, 0.717) is 17.1 Å². The number of aromatic nitrogens is 3. The summed E-state index contributed by atoms with van der Waals surface area (Å²) in [5.41, 5.74) is 0.454. The maximum Gasteiger partial charge on any atom is 0.261 e. The Morgan fingerprint density at radius 1 is 1.53 bits per heavy atom. The maximum atomic E-state index is 11.6. The number of nitrogens with zero attached hydrogens (tertiary/aromatic N) is 2. The predicted octanol–water partition coefficient (Wildman–Crippen LogP) is 1.27. The molecule has 0 fully saturated rings. The van der Waals surface area contributed by atoms with Crippen molar-refractivity contribution in [3.05, 3.63) is 29.5 Å². The van der Waals surface area contributed by atoms with Gasteiger partial charge in [-0.3, -0.25) is 15.2 Å². The van der Waals surface area contributed by atoms with Gasteiger partial charge < -0.3 is 4.42 Å². The Kier molecular flexibility index (Phi) is 2.24. The third-order valence-corrected chi connectivity index (χ3v) is 1.82. The zero-order chi connectivity index (χ0) is 10.8. The smallest absolute Gasteiger partial charge is 0.261 e. The summed E-state index contributed by atoms with van der Waals surface area (Å²) in [6, 6.07) is 1.65. The minimum Gasteiger partial charge on any atom is -0.469 e. The molecule has 6 nitrogen and oxygen atoms in total. The van der Waals surface area contributed by atoms with Gasteiger partial charge in [0.25, 0.3) is 5.91 Å². The van der Waals surface area contributed by atoms with Crippen molar-refractivity contribution in [1.29, 1.82) is 0 Å². The second-order valence-corrected chi connectivity index (χ2v) is 3.14. The predicted molar refractivity (Wildman–Crippen MR) is 52.5 cm³/mol. The van der Waals surface area contributed by atoms with Gasteiger partial charge >= 0.3 is 0 Å². The molecule has 0 aliphatic heterocycles. The average Bonchev–Trinajstić information content (AvgIpc) is 2.75. The van der Waals surface area contributed by atoms with Crippen LogP contribution in [0.25, 0.3) is 0 Å². The minimum atomic E-state index is -0.286. The molecule has 2 heterocycles. The Balaban J connectivity index is 2.10. The number of hydrogen-bond acceptors (Lipinski definition) is 4. The standard InChI is InChI=1S/C9H10N4O2/c1-5-3-7(4-15-5)8(14)11-9-10-6(2)12-13-9/h3-4H,1-2H3,(H2,10,11,12,13,14). The number of hydrogen-bond donors (Lipinski definition) is 2. The Bertz CT molecular complexity index is 486. The number of carbonyl (C=O) groups is 1. The first kappa shape index (κ1) is 9.45. The summed E-state index contributed by atoms with van der Waals surface area (Å²) in [6.07, 6.45) is 1.39. The van der Waals surface area contributed by atoms with Gasteiger partial charge in [0.2, 0.25) is 5.95 Å². The van der Waals surface area contributed by atoms with Crippen molar-refractivity contribution in [2.75, 3.05) is 5.32 Å². The Hall–Kier alpha value is -2.11. The van der Waals surface area contributed by atoms with Gasteiger partial charge in [-0.05, 0) is 19.9 Å². The average molecular weight is 206 g/mol. The molecule has 6 heteroatoms. The molecule has 78 valence electrons. The van der Waals surface area contributed by atoms with Gasteiger partial charge in [-0.1, -0.05) is 0 Å². The molecule has 0 aliphatic rings. The molecule has 2 rings (SSSR count). The van der Waals surface area contributed by atoms with E-state index in [1.165, 1.54) is 6.26 Å². The molecule has 0 aliphatic carbocycles. The van der Waals surface area contributed by atoms with Gasteiger partial charge in [-0.15, -0.1) is 5.10 Å². The van der Waals surface area contributed by atoms with E-state index in [9.17, 15) is 4.79 Å². The van der Waals surface area contributed by atoms with Crippen LogP contribution in [0.1, 0.15) is 21.9 Å². The van der Waals surface area contributed by atoms with Crippen molar-refractivity contribution >= 4 is 11.9 Å². The zero-order valence-corrected chi connectivity index (χ0v) is 8.37. The topological polar surface area (TPSA) is 83.8 Å². The van der Waals surface area contributed by atoms with E-state index in [4.69, 9.17) is 4.42 Å². The van der Waals surface area contributed by atoms with Gasteiger partial charge in [-0.2, -0.15) is 4.98 Å². The highest BCUT2D eigenvalue weighted by atomic mass is 16.3. The van der Waals surface area contributed by atoms with Crippen molar-refractivity contribution in [2.45, 2.75) is 13.8 Å². The second-order valence-electron chi connectivity index (χ2n) is 3.14. The number of aromatic amines is 1. The first-order valence-electron chi connectivity index (χ1n) is 4.40. The van der Waals surface area contributed by atoms with Crippen LogP contribution in [0.15, 0.2) is 16.7 Å². The van der Waals surface area contributed by atoms with Crippen LogP contribution in [0.2, 0.25) is 0 Å². The third-order valence-electron chi connectivity index (χ3n) is 1.82. The molecular weight excluding hydrogens is 196 g/mol. The molecule has 0 bridgehead atoms. The van der Waals surface area contributed by atoms with Crippen molar-refractivity contribution in [3.8, 4) is 0 Å². The molecule has 15 heavy (non-hydrogen) atoms. The molecule has 0 saturated carbocycles. The highest BCUT2D eigenvalue weighted by Crippen LogP contribution is 2.08. The molecule has 0 radical (unpaired) electrons. The van der Waals surface area contributed by atoms with Crippen LogP contribution >= 0.6 is 0 Å². The monoisotopic (exact) mass is 206 g/mol. The van der Waals surface area contributed by atoms with E-state index in [-0.39, 0.29) is 11.9 Å². The van der Waals surface area contributed by atoms with Gasteiger partial charge in [0.15, 0.2) is 0 Å². The van der Waals surface area contributed by atoms with Crippen LogP contribution in [0, 0.1) is 13.8 Å². The van der Waals surface area contributed by atoms with Gasteiger partial charge in [0.1, 0.15) is 17.8 Å². The first-order chi connectivity index (χ1) is 7.15. The van der Waals surface area contributed by atoms with Crippen LogP contribution in [-0.4, -0.2) is 21.1 Å². The Morgan fingerprint density at radius 2 is 2.33 bits per heavy atom. The van der Waals surface area contributed by atoms with Crippen LogP contribution in [0.3, 0.4) is 0 Å². The molecule has 0 unspecified atom stereocenters. The number of anilines is 1. The number of nitrogens with one attached hydrogen (secondary N) is 2. The van der Waals surface area contributed by atoms with Crippen LogP contribution in [0.4, 0.5) is 5.95 Å². The molecule has 2 aromatic rings. The zero-order valence-electron chi connectivity index (χ0n) is 8.37. The van der Waals surface area contributed by atoms with E-state index < -0.39 is 0 Å². The van der Waals surface area contributed by atoms with Crippen molar-refractivity contribution in [3.63, 3.8) is 0 Å². The quantitative estimate of drug-likeness (QED) is 0.774. The van der Waals surface area contributed by atoms with Gasteiger partial charge in [0.05, 0.1) is 5.56 Å². The van der Waals surface area contributed by atoms with Crippen molar-refractivity contribution in [1.82, 2.24) is 15.2 Å². The summed E-state index contributed by atoms with van der Waals surface area (Å²) in [5.74, 6) is 1.31. The highest BCUT2D eigenvalue weighted by molar-refractivity contribution is 6.03. The summed E-state index contributed by atoms with van der Waals surface area (Å²) in [4.78, 5) is 15.5. The van der Waals surface area contributed by atoms with Crippen LogP contribution < -0.4 is 5.32 Å². The maximum absolute atomic E-state index is 11.6. The largest absolute Gasteiger partial charge is 0.469 e. The fourth-order valence-electron chi connectivity index (χ4n) is 1.13. The number of furan rings is 1. The summed E-state index contributed by atoms with van der Waals surface area (Å²) >= 11 is 0. The number of H-pyrrole nitrogens is 1. The number of amides is 1. The summed E-state index contributed by atoms with van der Waals surface area (Å²) < 4.78 is 5.02. The van der Waals surface area contributed by atoms with E-state index in [1.807, 2.05) is 0 Å². The Morgan fingerprint density at radius 3 is 2.87 bits per heavy atom. The Labute approximate surface area is 85.7 Å². The second kappa shape index (κ2) is 3.56. The highest BCUT2D eigenvalue weighted by Gasteiger charge is 2.10. The lowest BCUT2D eigenvalue weighted by Crippen LogP contribution is -2.12. The number of carbonyl (C=O) groups excluding carboxylic acids is 1. The fraction of sp³-hybridized carbons (Fsp3) is 0.222. The molecule has 0 spiro atoms. The fourth-order valence-corrected chi connectivity index (χ4v) is 1.13. The summed E-state index contributed by atoms with van der Waals surface area (Å²) in [6.45, 7) is 3.53. The lowest BCUT2D eigenvalue weighted by atomic mass is 10.3. The van der Waals surface area contributed by atoms with E-state index >= 15 is 0 Å². The van der Waals surface area contributed by atoms with E-state index in [1.54, 1.807) is 19.9 Å².